The normalized spacial score (nSPS) is 13.4. The Morgan fingerprint density at radius 1 is 1.07 bits per heavy atom. The zero-order valence-electron chi connectivity index (χ0n) is 17.7. The molecule has 0 radical (unpaired) electrons. The number of hydrogen-bond donors (Lipinski definition) is 1. The van der Waals surface area contributed by atoms with E-state index < -0.39 is 16.1 Å². The van der Waals surface area contributed by atoms with E-state index in [9.17, 15) is 13.2 Å². The van der Waals surface area contributed by atoms with E-state index in [4.69, 9.17) is 4.74 Å². The molecule has 1 N–H and O–H groups in total. The molecule has 6 nitrogen and oxygen atoms in total. The molecule has 2 aromatic rings. The molecule has 0 fully saturated rings. The fourth-order valence-corrected chi connectivity index (χ4v) is 3.35. The van der Waals surface area contributed by atoms with E-state index >= 15 is 0 Å². The standard InChI is InChI=1S/C22H30N2O4S/c1-6-17-8-10-18(11-9-17)16(3)23-22(25)21(7-2)28-20-14-12-19(13-15-20)24(4)29(5,26)27/h8-16,21H,6-7H2,1-5H3,(H,23,25)/t16-,21+/m1/s1. The highest BCUT2D eigenvalue weighted by Gasteiger charge is 2.21. The third-order valence-corrected chi connectivity index (χ3v) is 6.09. The summed E-state index contributed by atoms with van der Waals surface area (Å²) in [5, 5.41) is 3.00. The second-order valence-corrected chi connectivity index (χ2v) is 9.08. The van der Waals surface area contributed by atoms with Gasteiger partial charge >= 0.3 is 0 Å². The van der Waals surface area contributed by atoms with E-state index in [0.29, 0.717) is 17.9 Å². The molecule has 2 rings (SSSR count). The summed E-state index contributed by atoms with van der Waals surface area (Å²) in [6.45, 7) is 5.94. The smallest absolute Gasteiger partial charge is 0.261 e. The minimum atomic E-state index is -3.33. The predicted molar refractivity (Wildman–Crippen MR) is 117 cm³/mol. The summed E-state index contributed by atoms with van der Waals surface area (Å²) in [4.78, 5) is 12.7. The fourth-order valence-electron chi connectivity index (χ4n) is 2.84. The Bertz CT molecular complexity index is 909. The van der Waals surface area contributed by atoms with Gasteiger partial charge < -0.3 is 10.1 Å². The number of sulfonamides is 1. The number of rotatable bonds is 9. The van der Waals surface area contributed by atoms with Crippen LogP contribution in [-0.2, 0) is 21.2 Å². The summed E-state index contributed by atoms with van der Waals surface area (Å²) in [7, 11) is -1.84. The Hall–Kier alpha value is -2.54. The topological polar surface area (TPSA) is 75.7 Å². The molecule has 2 aromatic carbocycles. The highest BCUT2D eigenvalue weighted by atomic mass is 32.2. The Kier molecular flexibility index (Phi) is 7.67. The summed E-state index contributed by atoms with van der Waals surface area (Å²) >= 11 is 0. The van der Waals surface area contributed by atoms with Crippen molar-refractivity contribution in [2.75, 3.05) is 17.6 Å². The number of anilines is 1. The molecule has 29 heavy (non-hydrogen) atoms. The molecule has 2 atom stereocenters. The zero-order valence-corrected chi connectivity index (χ0v) is 18.5. The van der Waals surface area contributed by atoms with Crippen LogP contribution >= 0.6 is 0 Å². The van der Waals surface area contributed by atoms with Crippen LogP contribution in [-0.4, -0.2) is 33.7 Å². The van der Waals surface area contributed by atoms with E-state index in [-0.39, 0.29) is 11.9 Å². The van der Waals surface area contributed by atoms with Crippen LogP contribution in [0, 0.1) is 0 Å². The molecule has 0 aliphatic carbocycles. The third kappa shape index (κ3) is 6.22. The van der Waals surface area contributed by atoms with Crippen molar-refractivity contribution in [1.82, 2.24) is 5.32 Å². The van der Waals surface area contributed by atoms with Gasteiger partial charge in [-0.2, -0.15) is 0 Å². The maximum atomic E-state index is 12.7. The van der Waals surface area contributed by atoms with Gasteiger partial charge in [-0.25, -0.2) is 8.42 Å². The molecule has 1 amide bonds. The Labute approximate surface area is 173 Å². The molecule has 7 heteroatoms. The summed E-state index contributed by atoms with van der Waals surface area (Å²) in [5.74, 6) is 0.328. The number of aryl methyl sites for hydroxylation is 1. The summed E-state index contributed by atoms with van der Waals surface area (Å²) in [6.07, 6.45) is 2.00. The zero-order chi connectivity index (χ0) is 21.6. The molecule has 0 saturated heterocycles. The highest BCUT2D eigenvalue weighted by molar-refractivity contribution is 7.92. The van der Waals surface area contributed by atoms with Crippen molar-refractivity contribution in [2.24, 2.45) is 0 Å². The van der Waals surface area contributed by atoms with Gasteiger partial charge in [0, 0.05) is 7.05 Å². The van der Waals surface area contributed by atoms with Gasteiger partial charge in [-0.15, -0.1) is 0 Å². The first-order valence-corrected chi connectivity index (χ1v) is 11.6. The van der Waals surface area contributed by atoms with Crippen LogP contribution in [0.25, 0.3) is 0 Å². The first-order valence-electron chi connectivity index (χ1n) is 9.75. The van der Waals surface area contributed by atoms with E-state index in [2.05, 4.69) is 24.4 Å². The number of carbonyl (C=O) groups is 1. The average Bonchev–Trinajstić information content (AvgIpc) is 2.71. The SMILES string of the molecule is CCc1ccc([C@@H](C)NC(=O)[C@H](CC)Oc2ccc(N(C)S(C)(=O)=O)cc2)cc1. The van der Waals surface area contributed by atoms with E-state index in [1.807, 2.05) is 26.0 Å². The number of amides is 1. The lowest BCUT2D eigenvalue weighted by atomic mass is 10.0. The van der Waals surface area contributed by atoms with Gasteiger partial charge in [0.1, 0.15) is 5.75 Å². The maximum Gasteiger partial charge on any atom is 0.261 e. The molecule has 0 bridgehead atoms. The summed E-state index contributed by atoms with van der Waals surface area (Å²) < 4.78 is 30.3. The lowest BCUT2D eigenvalue weighted by Gasteiger charge is -2.21. The molecule has 0 spiro atoms. The Morgan fingerprint density at radius 2 is 1.66 bits per heavy atom. The van der Waals surface area contributed by atoms with E-state index in [1.54, 1.807) is 24.3 Å². The number of ether oxygens (including phenoxy) is 1. The molecular weight excluding hydrogens is 388 g/mol. The minimum absolute atomic E-state index is 0.128. The monoisotopic (exact) mass is 418 g/mol. The quantitative estimate of drug-likeness (QED) is 0.674. The number of nitrogens with zero attached hydrogens (tertiary/aromatic N) is 1. The highest BCUT2D eigenvalue weighted by Crippen LogP contribution is 2.22. The van der Waals surface area contributed by atoms with Crippen LogP contribution in [0.3, 0.4) is 0 Å². The Morgan fingerprint density at radius 3 is 2.14 bits per heavy atom. The molecule has 0 unspecified atom stereocenters. The number of carbonyl (C=O) groups excluding carboxylic acids is 1. The number of hydrogen-bond acceptors (Lipinski definition) is 4. The molecule has 0 aliphatic rings. The van der Waals surface area contributed by atoms with Crippen LogP contribution in [0.4, 0.5) is 5.69 Å². The second-order valence-electron chi connectivity index (χ2n) is 7.06. The van der Waals surface area contributed by atoms with Crippen molar-refractivity contribution in [3.63, 3.8) is 0 Å². The predicted octanol–water partition coefficient (Wildman–Crippen LogP) is 3.68. The Balaban J connectivity index is 2.02. The molecule has 0 aromatic heterocycles. The molecule has 0 aliphatic heterocycles. The number of nitrogens with one attached hydrogen (secondary N) is 1. The van der Waals surface area contributed by atoms with Crippen molar-refractivity contribution in [1.29, 1.82) is 0 Å². The minimum Gasteiger partial charge on any atom is -0.481 e. The van der Waals surface area contributed by atoms with E-state index in [0.717, 1.165) is 18.2 Å². The molecule has 158 valence electrons. The van der Waals surface area contributed by atoms with Gasteiger partial charge in [0.15, 0.2) is 6.10 Å². The van der Waals surface area contributed by atoms with Gasteiger partial charge in [0.05, 0.1) is 18.0 Å². The lowest BCUT2D eigenvalue weighted by Crippen LogP contribution is -2.39. The van der Waals surface area contributed by atoms with Crippen molar-refractivity contribution in [3.05, 3.63) is 59.7 Å². The van der Waals surface area contributed by atoms with Crippen LogP contribution in [0.5, 0.6) is 5.75 Å². The molecule has 0 saturated carbocycles. The van der Waals surface area contributed by atoms with Gasteiger partial charge in [0.2, 0.25) is 10.0 Å². The van der Waals surface area contributed by atoms with Gasteiger partial charge in [-0.3, -0.25) is 9.10 Å². The van der Waals surface area contributed by atoms with Crippen molar-refractivity contribution < 1.29 is 17.9 Å². The largest absolute Gasteiger partial charge is 0.481 e. The maximum absolute atomic E-state index is 12.7. The van der Waals surface area contributed by atoms with Crippen molar-refractivity contribution >= 4 is 21.6 Å². The first-order chi connectivity index (χ1) is 13.7. The fraction of sp³-hybridized carbons (Fsp3) is 0.409. The van der Waals surface area contributed by atoms with Crippen molar-refractivity contribution in [2.45, 2.75) is 45.8 Å². The number of benzene rings is 2. The van der Waals surface area contributed by atoms with Crippen LogP contribution in [0.15, 0.2) is 48.5 Å². The van der Waals surface area contributed by atoms with E-state index in [1.165, 1.54) is 16.9 Å². The third-order valence-electron chi connectivity index (χ3n) is 4.89. The van der Waals surface area contributed by atoms with Gasteiger partial charge in [-0.05, 0) is 55.2 Å². The van der Waals surface area contributed by atoms with Gasteiger partial charge in [-0.1, -0.05) is 38.1 Å². The average molecular weight is 419 g/mol. The second kappa shape index (κ2) is 9.78. The van der Waals surface area contributed by atoms with Crippen LogP contribution < -0.4 is 14.4 Å². The van der Waals surface area contributed by atoms with Crippen molar-refractivity contribution in [3.8, 4) is 5.75 Å². The summed E-state index contributed by atoms with van der Waals surface area (Å²) in [5.41, 5.74) is 2.83. The molecule has 0 heterocycles. The van der Waals surface area contributed by atoms with Gasteiger partial charge in [0.25, 0.3) is 5.91 Å². The van der Waals surface area contributed by atoms with Crippen LogP contribution in [0.2, 0.25) is 0 Å². The van der Waals surface area contributed by atoms with Crippen LogP contribution in [0.1, 0.15) is 44.4 Å². The first kappa shape index (κ1) is 22.7. The summed E-state index contributed by atoms with van der Waals surface area (Å²) in [6, 6.07) is 14.7. The lowest BCUT2D eigenvalue weighted by molar-refractivity contribution is -0.128. The molecular formula is C22H30N2O4S.